The van der Waals surface area contributed by atoms with E-state index in [9.17, 15) is 17.6 Å². The highest BCUT2D eigenvalue weighted by Crippen LogP contribution is 2.42. The van der Waals surface area contributed by atoms with E-state index in [1.807, 2.05) is 6.08 Å². The molecule has 0 aliphatic heterocycles. The molecule has 0 N–H and O–H groups in total. The van der Waals surface area contributed by atoms with Crippen molar-refractivity contribution < 1.29 is 22.3 Å². The van der Waals surface area contributed by atoms with Crippen molar-refractivity contribution in [1.29, 1.82) is 0 Å². The molecule has 0 radical (unpaired) electrons. The molecule has 1 aromatic carbocycles. The van der Waals surface area contributed by atoms with E-state index in [1.54, 1.807) is 6.92 Å². The first-order valence-corrected chi connectivity index (χ1v) is 11.0. The molecule has 0 bridgehead atoms. The fourth-order valence-corrected chi connectivity index (χ4v) is 5.07. The summed E-state index contributed by atoms with van der Waals surface area (Å²) in [6, 6.07) is 2.59. The predicted molar refractivity (Wildman–Crippen MR) is 108 cm³/mol. The van der Waals surface area contributed by atoms with E-state index >= 15 is 0 Å². The molecule has 1 nitrogen and oxygen atoms in total. The first-order chi connectivity index (χ1) is 13.8. The Balaban J connectivity index is 1.65. The molecule has 2 saturated carbocycles. The van der Waals surface area contributed by atoms with Crippen LogP contribution in [0.3, 0.4) is 0 Å². The third kappa shape index (κ3) is 5.55. The van der Waals surface area contributed by atoms with Crippen LogP contribution in [-0.2, 0) is 6.18 Å². The van der Waals surface area contributed by atoms with Crippen molar-refractivity contribution in [3.8, 4) is 5.75 Å². The summed E-state index contributed by atoms with van der Waals surface area (Å²) < 4.78 is 59.7. The Morgan fingerprint density at radius 3 is 2.10 bits per heavy atom. The van der Waals surface area contributed by atoms with Crippen LogP contribution in [0.4, 0.5) is 17.6 Å². The number of allylic oxidation sites excluding steroid dienone is 1. The molecular formula is C24H32F4O. The van der Waals surface area contributed by atoms with Gasteiger partial charge in [-0.25, -0.2) is 4.39 Å². The first kappa shape index (κ1) is 22.2. The molecular weight excluding hydrogens is 380 g/mol. The van der Waals surface area contributed by atoms with Gasteiger partial charge in [-0.05, 0) is 80.8 Å². The summed E-state index contributed by atoms with van der Waals surface area (Å²) in [5.41, 5.74) is -1.36. The van der Waals surface area contributed by atoms with Crippen LogP contribution in [0.25, 0.3) is 6.08 Å². The van der Waals surface area contributed by atoms with Gasteiger partial charge >= 0.3 is 6.18 Å². The maximum atomic E-state index is 14.4. The SMILES string of the molecule is CCOc1ccc(/C=C/C2CCC(C3CCC(C)CC3)CC2)c(C(F)(F)F)c1F. The molecule has 0 heterocycles. The van der Waals surface area contributed by atoms with E-state index in [4.69, 9.17) is 4.74 Å². The van der Waals surface area contributed by atoms with Gasteiger partial charge in [-0.15, -0.1) is 0 Å². The number of hydrogen-bond donors (Lipinski definition) is 0. The Hall–Kier alpha value is -1.52. The van der Waals surface area contributed by atoms with Crippen molar-refractivity contribution in [2.24, 2.45) is 23.7 Å². The van der Waals surface area contributed by atoms with Crippen LogP contribution in [0.1, 0.15) is 76.3 Å². The average molecular weight is 413 g/mol. The fraction of sp³-hybridized carbons (Fsp3) is 0.667. The molecule has 162 valence electrons. The Labute approximate surface area is 171 Å². The Kier molecular flexibility index (Phi) is 7.28. The zero-order valence-electron chi connectivity index (χ0n) is 17.4. The van der Waals surface area contributed by atoms with E-state index in [0.29, 0.717) is 0 Å². The largest absolute Gasteiger partial charge is 0.491 e. The summed E-state index contributed by atoms with van der Waals surface area (Å²) in [5.74, 6) is 1.04. The minimum atomic E-state index is -4.76. The van der Waals surface area contributed by atoms with Gasteiger partial charge < -0.3 is 4.74 Å². The summed E-state index contributed by atoms with van der Waals surface area (Å²) >= 11 is 0. The zero-order valence-corrected chi connectivity index (χ0v) is 17.4. The van der Waals surface area contributed by atoms with Gasteiger partial charge in [0.15, 0.2) is 11.6 Å². The molecule has 0 aromatic heterocycles. The van der Waals surface area contributed by atoms with Crippen molar-refractivity contribution in [1.82, 2.24) is 0 Å². The quantitative estimate of drug-likeness (QED) is 0.447. The standard InChI is InChI=1S/C24H32F4O/c1-3-29-21-15-14-20(22(23(21)25)24(26,27)28)13-8-17-6-11-19(12-7-17)18-9-4-16(2)5-10-18/h8,13-19H,3-7,9-12H2,1-2H3/b13-8+. The highest BCUT2D eigenvalue weighted by Gasteiger charge is 2.38. The minimum Gasteiger partial charge on any atom is -0.491 e. The van der Waals surface area contributed by atoms with Gasteiger partial charge in [-0.1, -0.05) is 38.0 Å². The smallest absolute Gasteiger partial charge is 0.419 e. The van der Waals surface area contributed by atoms with Crippen molar-refractivity contribution in [2.45, 2.75) is 71.4 Å². The average Bonchev–Trinajstić information content (AvgIpc) is 2.68. The van der Waals surface area contributed by atoms with E-state index in [0.717, 1.165) is 43.4 Å². The van der Waals surface area contributed by atoms with Crippen molar-refractivity contribution >= 4 is 6.08 Å². The molecule has 0 unspecified atom stereocenters. The summed E-state index contributed by atoms with van der Waals surface area (Å²) in [4.78, 5) is 0. The lowest BCUT2D eigenvalue weighted by Gasteiger charge is -2.36. The van der Waals surface area contributed by atoms with Crippen molar-refractivity contribution in [3.63, 3.8) is 0 Å². The van der Waals surface area contributed by atoms with Gasteiger partial charge in [0.1, 0.15) is 5.56 Å². The Bertz CT molecular complexity index is 694. The molecule has 0 spiro atoms. The molecule has 2 aliphatic rings. The van der Waals surface area contributed by atoms with E-state index in [2.05, 4.69) is 6.92 Å². The van der Waals surface area contributed by atoms with Crippen LogP contribution < -0.4 is 4.74 Å². The molecule has 2 aliphatic carbocycles. The number of benzene rings is 1. The van der Waals surface area contributed by atoms with Crippen LogP contribution in [-0.4, -0.2) is 6.61 Å². The summed E-state index contributed by atoms with van der Waals surface area (Å²) in [6.45, 7) is 4.06. The molecule has 1 aromatic rings. The highest BCUT2D eigenvalue weighted by atomic mass is 19.4. The van der Waals surface area contributed by atoms with Crippen LogP contribution in [0, 0.1) is 29.5 Å². The molecule has 2 fully saturated rings. The fourth-order valence-electron chi connectivity index (χ4n) is 5.07. The van der Waals surface area contributed by atoms with Gasteiger partial charge in [0.25, 0.3) is 0 Å². The number of rotatable bonds is 5. The number of halogens is 4. The number of hydrogen-bond acceptors (Lipinski definition) is 1. The van der Waals surface area contributed by atoms with Crippen LogP contribution >= 0.6 is 0 Å². The topological polar surface area (TPSA) is 9.23 Å². The second-order valence-electron chi connectivity index (χ2n) is 8.83. The summed E-state index contributed by atoms with van der Waals surface area (Å²) in [6.07, 6.45) is 8.17. The summed E-state index contributed by atoms with van der Waals surface area (Å²) in [5, 5.41) is 0. The third-order valence-electron chi connectivity index (χ3n) is 6.81. The molecule has 0 amide bonds. The number of alkyl halides is 3. The predicted octanol–water partition coefficient (Wildman–Crippen LogP) is 7.89. The number of ether oxygens (including phenoxy) is 1. The molecule has 29 heavy (non-hydrogen) atoms. The van der Waals surface area contributed by atoms with E-state index < -0.39 is 17.6 Å². The monoisotopic (exact) mass is 412 g/mol. The van der Waals surface area contributed by atoms with E-state index in [-0.39, 0.29) is 23.8 Å². The van der Waals surface area contributed by atoms with Gasteiger partial charge in [-0.2, -0.15) is 13.2 Å². The third-order valence-corrected chi connectivity index (χ3v) is 6.81. The molecule has 0 atom stereocenters. The second kappa shape index (κ2) is 9.53. The van der Waals surface area contributed by atoms with Crippen LogP contribution in [0.5, 0.6) is 5.75 Å². The highest BCUT2D eigenvalue weighted by molar-refractivity contribution is 5.57. The van der Waals surface area contributed by atoms with Gasteiger partial charge in [0, 0.05) is 0 Å². The Morgan fingerprint density at radius 1 is 0.966 bits per heavy atom. The maximum absolute atomic E-state index is 14.4. The lowest BCUT2D eigenvalue weighted by atomic mass is 9.69. The minimum absolute atomic E-state index is 0.118. The molecule has 0 saturated heterocycles. The van der Waals surface area contributed by atoms with Crippen molar-refractivity contribution in [2.75, 3.05) is 6.61 Å². The second-order valence-corrected chi connectivity index (χ2v) is 8.83. The molecule has 3 rings (SSSR count). The lowest BCUT2D eigenvalue weighted by Crippen LogP contribution is -2.24. The zero-order chi connectivity index (χ0) is 21.0. The van der Waals surface area contributed by atoms with Crippen LogP contribution in [0.2, 0.25) is 0 Å². The van der Waals surface area contributed by atoms with Gasteiger partial charge in [-0.3, -0.25) is 0 Å². The lowest BCUT2D eigenvalue weighted by molar-refractivity contribution is -0.140. The van der Waals surface area contributed by atoms with Crippen molar-refractivity contribution in [3.05, 3.63) is 35.2 Å². The van der Waals surface area contributed by atoms with Crippen LogP contribution in [0.15, 0.2) is 18.2 Å². The normalized spacial score (nSPS) is 28.6. The Morgan fingerprint density at radius 2 is 1.55 bits per heavy atom. The van der Waals surface area contributed by atoms with Gasteiger partial charge in [0.05, 0.1) is 6.61 Å². The van der Waals surface area contributed by atoms with Gasteiger partial charge in [0.2, 0.25) is 0 Å². The maximum Gasteiger partial charge on any atom is 0.419 e. The first-order valence-electron chi connectivity index (χ1n) is 11.0. The van der Waals surface area contributed by atoms with E-state index in [1.165, 1.54) is 43.9 Å². The molecule has 5 heteroatoms. The summed E-state index contributed by atoms with van der Waals surface area (Å²) in [7, 11) is 0.